The van der Waals surface area contributed by atoms with Crippen molar-refractivity contribution in [2.45, 2.75) is 12.8 Å². The lowest BCUT2D eigenvalue weighted by Gasteiger charge is -2.07. The molecule has 0 saturated carbocycles. The molecule has 0 aliphatic heterocycles. The summed E-state index contributed by atoms with van der Waals surface area (Å²) in [6, 6.07) is 7.26. The van der Waals surface area contributed by atoms with E-state index in [1.165, 1.54) is 0 Å². The number of Topliss-reactive ketones (excluding diaryl/α,β-unsaturated/α-hetero) is 1. The van der Waals surface area contributed by atoms with Gasteiger partial charge in [0.1, 0.15) is 5.78 Å². The van der Waals surface area contributed by atoms with Crippen molar-refractivity contribution < 1.29 is 14.3 Å². The molecule has 86 valence electrons. The monoisotopic (exact) mass is 221 g/mol. The molecule has 0 aliphatic rings. The van der Waals surface area contributed by atoms with Gasteiger partial charge in [-0.15, -0.1) is 0 Å². The molecule has 0 heterocycles. The van der Waals surface area contributed by atoms with Gasteiger partial charge in [-0.1, -0.05) is 18.2 Å². The van der Waals surface area contributed by atoms with E-state index < -0.39 is 0 Å². The van der Waals surface area contributed by atoms with Crippen LogP contribution in [-0.4, -0.2) is 25.9 Å². The Bertz CT molecular complexity index is 363. The highest BCUT2D eigenvalue weighted by molar-refractivity contribution is 5.84. The van der Waals surface area contributed by atoms with Gasteiger partial charge in [0, 0.05) is 25.6 Å². The van der Waals surface area contributed by atoms with Crippen molar-refractivity contribution in [1.82, 2.24) is 0 Å². The molecule has 1 rings (SSSR count). The van der Waals surface area contributed by atoms with Crippen LogP contribution in [-0.2, 0) is 20.7 Å². The first-order valence-corrected chi connectivity index (χ1v) is 5.06. The van der Waals surface area contributed by atoms with Crippen LogP contribution >= 0.6 is 0 Å². The van der Waals surface area contributed by atoms with E-state index in [1.807, 2.05) is 18.2 Å². The van der Waals surface area contributed by atoms with Gasteiger partial charge in [0.05, 0.1) is 6.61 Å². The van der Waals surface area contributed by atoms with E-state index in [0.29, 0.717) is 31.5 Å². The maximum absolute atomic E-state index is 11.5. The molecule has 0 fully saturated rings. The number of hydrogen-bond donors (Lipinski definition) is 1. The SMILES string of the molecule is COCCC(=O)Cc1ccccc1NC=O. The van der Waals surface area contributed by atoms with Crippen LogP contribution in [0.25, 0.3) is 0 Å². The van der Waals surface area contributed by atoms with E-state index in [-0.39, 0.29) is 5.78 Å². The average Bonchev–Trinajstić information content (AvgIpc) is 2.29. The van der Waals surface area contributed by atoms with Gasteiger partial charge in [-0.05, 0) is 11.6 Å². The number of amides is 1. The molecule has 4 heteroatoms. The fourth-order valence-electron chi connectivity index (χ4n) is 1.40. The number of anilines is 1. The summed E-state index contributed by atoms with van der Waals surface area (Å²) in [5, 5.41) is 2.57. The lowest BCUT2D eigenvalue weighted by atomic mass is 10.1. The number of hydrogen-bond acceptors (Lipinski definition) is 3. The van der Waals surface area contributed by atoms with Crippen LogP contribution in [0.3, 0.4) is 0 Å². The van der Waals surface area contributed by atoms with Crippen molar-refractivity contribution in [3.63, 3.8) is 0 Å². The van der Waals surface area contributed by atoms with E-state index in [1.54, 1.807) is 13.2 Å². The van der Waals surface area contributed by atoms with E-state index in [2.05, 4.69) is 5.32 Å². The van der Waals surface area contributed by atoms with Gasteiger partial charge in [-0.2, -0.15) is 0 Å². The van der Waals surface area contributed by atoms with Gasteiger partial charge in [-0.25, -0.2) is 0 Å². The number of benzene rings is 1. The number of nitrogens with one attached hydrogen (secondary N) is 1. The Morgan fingerprint density at radius 3 is 2.88 bits per heavy atom. The Kier molecular flexibility index (Phi) is 5.22. The second-order valence-corrected chi connectivity index (χ2v) is 3.38. The molecule has 0 aliphatic carbocycles. The van der Waals surface area contributed by atoms with Crippen LogP contribution < -0.4 is 5.32 Å². The molecule has 0 atom stereocenters. The van der Waals surface area contributed by atoms with Crippen molar-refractivity contribution in [2.24, 2.45) is 0 Å². The molecule has 0 bridgehead atoms. The van der Waals surface area contributed by atoms with Crippen LogP contribution in [0.1, 0.15) is 12.0 Å². The van der Waals surface area contributed by atoms with E-state index >= 15 is 0 Å². The zero-order valence-electron chi connectivity index (χ0n) is 9.23. The molecule has 0 radical (unpaired) electrons. The Morgan fingerprint density at radius 2 is 2.19 bits per heavy atom. The standard InChI is InChI=1S/C12H15NO3/c1-16-7-6-11(15)8-10-4-2-3-5-12(10)13-9-14/h2-5,9H,6-8H2,1H3,(H,13,14). The summed E-state index contributed by atoms with van der Waals surface area (Å²) in [4.78, 5) is 21.9. The van der Waals surface area contributed by atoms with Gasteiger partial charge in [0.15, 0.2) is 0 Å². The van der Waals surface area contributed by atoms with E-state index in [9.17, 15) is 9.59 Å². The Labute approximate surface area is 94.6 Å². The van der Waals surface area contributed by atoms with Crippen LogP contribution in [0.15, 0.2) is 24.3 Å². The van der Waals surface area contributed by atoms with Crippen molar-refractivity contribution in [3.05, 3.63) is 29.8 Å². The molecule has 1 aromatic rings. The number of carbonyl (C=O) groups excluding carboxylic acids is 2. The third-order valence-electron chi connectivity index (χ3n) is 2.20. The molecule has 0 unspecified atom stereocenters. The third kappa shape index (κ3) is 3.82. The minimum atomic E-state index is 0.0991. The maximum Gasteiger partial charge on any atom is 0.211 e. The van der Waals surface area contributed by atoms with E-state index in [4.69, 9.17) is 4.74 Å². The summed E-state index contributed by atoms with van der Waals surface area (Å²) in [6.45, 7) is 0.433. The first-order valence-electron chi connectivity index (χ1n) is 5.06. The molecular formula is C12H15NO3. The first-order chi connectivity index (χ1) is 7.77. The van der Waals surface area contributed by atoms with Gasteiger partial charge < -0.3 is 10.1 Å². The average molecular weight is 221 g/mol. The molecule has 4 nitrogen and oxygen atoms in total. The smallest absolute Gasteiger partial charge is 0.211 e. The summed E-state index contributed by atoms with van der Waals surface area (Å²) in [5.74, 6) is 0.0991. The summed E-state index contributed by atoms with van der Waals surface area (Å²) in [6.07, 6.45) is 1.32. The van der Waals surface area contributed by atoms with Crippen LogP contribution in [0, 0.1) is 0 Å². The summed E-state index contributed by atoms with van der Waals surface area (Å²) < 4.78 is 4.84. The number of rotatable bonds is 7. The Morgan fingerprint density at radius 1 is 1.44 bits per heavy atom. The van der Waals surface area contributed by atoms with Gasteiger partial charge in [-0.3, -0.25) is 9.59 Å². The summed E-state index contributed by atoms with van der Waals surface area (Å²) in [5.41, 5.74) is 1.51. The van der Waals surface area contributed by atoms with Crippen LogP contribution in [0.2, 0.25) is 0 Å². The van der Waals surface area contributed by atoms with Crippen molar-refractivity contribution in [3.8, 4) is 0 Å². The fourth-order valence-corrected chi connectivity index (χ4v) is 1.40. The zero-order chi connectivity index (χ0) is 11.8. The normalized spacial score (nSPS) is 9.81. The highest BCUT2D eigenvalue weighted by atomic mass is 16.5. The summed E-state index contributed by atoms with van der Waals surface area (Å²) in [7, 11) is 1.56. The van der Waals surface area contributed by atoms with Gasteiger partial charge in [0.2, 0.25) is 6.41 Å². The van der Waals surface area contributed by atoms with Crippen molar-refractivity contribution in [2.75, 3.05) is 19.0 Å². The van der Waals surface area contributed by atoms with Crippen LogP contribution in [0.5, 0.6) is 0 Å². The molecule has 0 saturated heterocycles. The van der Waals surface area contributed by atoms with Crippen molar-refractivity contribution >= 4 is 17.9 Å². The highest BCUT2D eigenvalue weighted by Gasteiger charge is 2.07. The molecule has 1 amide bonds. The van der Waals surface area contributed by atoms with Gasteiger partial charge in [0.25, 0.3) is 0 Å². The lowest BCUT2D eigenvalue weighted by molar-refractivity contribution is -0.119. The highest BCUT2D eigenvalue weighted by Crippen LogP contribution is 2.15. The summed E-state index contributed by atoms with van der Waals surface area (Å²) >= 11 is 0. The molecule has 0 aromatic heterocycles. The lowest BCUT2D eigenvalue weighted by Crippen LogP contribution is -2.08. The molecular weight excluding hydrogens is 206 g/mol. The minimum absolute atomic E-state index is 0.0991. The maximum atomic E-state index is 11.5. The fraction of sp³-hybridized carbons (Fsp3) is 0.333. The predicted molar refractivity (Wildman–Crippen MR) is 61.3 cm³/mol. The topological polar surface area (TPSA) is 55.4 Å². The number of para-hydroxylation sites is 1. The van der Waals surface area contributed by atoms with Crippen LogP contribution in [0.4, 0.5) is 5.69 Å². The zero-order valence-corrected chi connectivity index (χ0v) is 9.23. The molecule has 16 heavy (non-hydrogen) atoms. The number of carbonyl (C=O) groups is 2. The molecule has 0 spiro atoms. The minimum Gasteiger partial charge on any atom is -0.384 e. The largest absolute Gasteiger partial charge is 0.384 e. The Balaban J connectivity index is 2.64. The number of ketones is 1. The number of methoxy groups -OCH3 is 1. The third-order valence-corrected chi connectivity index (χ3v) is 2.20. The molecule has 1 aromatic carbocycles. The van der Waals surface area contributed by atoms with Gasteiger partial charge >= 0.3 is 0 Å². The van der Waals surface area contributed by atoms with E-state index in [0.717, 1.165) is 5.56 Å². The Hall–Kier alpha value is -1.68. The van der Waals surface area contributed by atoms with Crippen molar-refractivity contribution in [1.29, 1.82) is 0 Å². The second kappa shape index (κ2) is 6.74. The quantitative estimate of drug-likeness (QED) is 0.708. The molecule has 1 N–H and O–H groups in total. The number of ether oxygens (including phenoxy) is 1. The predicted octanol–water partition coefficient (Wildman–Crippen LogP) is 1.40. The second-order valence-electron chi connectivity index (χ2n) is 3.38. The first kappa shape index (κ1) is 12.4.